The van der Waals surface area contributed by atoms with Gasteiger partial charge in [-0.05, 0) is 168 Å². The van der Waals surface area contributed by atoms with Crippen LogP contribution in [0.1, 0.15) is 169 Å². The SMILES string of the molecule is CCCCN(CCCC)C1(CC2CCCN(C)C2)CCCCC1OC(=O)OC1CCCCC1(CC1CCCN(C)C1)N(CCCC)CCCC. The lowest BCUT2D eigenvalue weighted by molar-refractivity contribution is -0.129. The van der Waals surface area contributed by atoms with E-state index in [0.29, 0.717) is 11.8 Å². The van der Waals surface area contributed by atoms with Gasteiger partial charge in [0.05, 0.1) is 11.1 Å². The highest BCUT2D eigenvalue weighted by molar-refractivity contribution is 5.61. The minimum Gasteiger partial charge on any atom is -0.429 e. The van der Waals surface area contributed by atoms with Crippen molar-refractivity contribution in [3.63, 3.8) is 0 Å². The summed E-state index contributed by atoms with van der Waals surface area (Å²) in [4.78, 5) is 25.2. The number of unbranched alkanes of at least 4 members (excludes halogenated alkanes) is 4. The zero-order valence-electron chi connectivity index (χ0n) is 34.0. The maximum absolute atomic E-state index is 14.4. The van der Waals surface area contributed by atoms with Crippen LogP contribution in [-0.4, -0.2) is 115 Å². The second-order valence-electron chi connectivity index (χ2n) is 17.5. The molecular formula is C43H82N4O3. The van der Waals surface area contributed by atoms with Gasteiger partial charge in [0.2, 0.25) is 0 Å². The smallest absolute Gasteiger partial charge is 0.429 e. The lowest BCUT2D eigenvalue weighted by atomic mass is 9.70. The van der Waals surface area contributed by atoms with E-state index < -0.39 is 0 Å². The number of carbonyl (C=O) groups is 1. The van der Waals surface area contributed by atoms with Gasteiger partial charge in [-0.15, -0.1) is 0 Å². The molecule has 2 saturated carbocycles. The molecule has 4 rings (SSSR count). The van der Waals surface area contributed by atoms with Gasteiger partial charge in [-0.2, -0.15) is 0 Å². The molecule has 7 nitrogen and oxygen atoms in total. The molecule has 6 unspecified atom stereocenters. The summed E-state index contributed by atoms with van der Waals surface area (Å²) in [7, 11) is 4.59. The highest BCUT2D eigenvalue weighted by Crippen LogP contribution is 2.45. The molecule has 6 atom stereocenters. The van der Waals surface area contributed by atoms with E-state index in [1.54, 1.807) is 0 Å². The molecule has 7 heteroatoms. The molecule has 292 valence electrons. The molecule has 0 aromatic heterocycles. The fourth-order valence-corrected chi connectivity index (χ4v) is 10.8. The predicted octanol–water partition coefficient (Wildman–Crippen LogP) is 9.77. The number of nitrogens with zero attached hydrogens (tertiary/aromatic N) is 4. The molecule has 0 spiro atoms. The van der Waals surface area contributed by atoms with E-state index in [-0.39, 0.29) is 29.4 Å². The minimum atomic E-state index is -0.365. The molecule has 0 N–H and O–H groups in total. The van der Waals surface area contributed by atoms with Crippen molar-refractivity contribution >= 4 is 6.16 Å². The average molecular weight is 703 g/mol. The highest BCUT2D eigenvalue weighted by Gasteiger charge is 2.51. The number of hydrogen-bond donors (Lipinski definition) is 0. The summed E-state index contributed by atoms with van der Waals surface area (Å²) in [6.45, 7) is 18.5. The standard InChI is InChI=1S/C43H82N4O3/c1-7-11-29-46(30-12-8-2)42(33-37-21-19-27-44(5)35-37)25-17-15-23-39(42)49-41(48)50-40-24-16-18-26-43(40,34-38-22-20-28-45(6)36-38)47(31-13-9-3)32-14-10-4/h37-40H,7-36H2,1-6H3. The molecule has 4 fully saturated rings. The fourth-order valence-electron chi connectivity index (χ4n) is 10.8. The van der Waals surface area contributed by atoms with Crippen molar-refractivity contribution in [2.24, 2.45) is 11.8 Å². The molecule has 0 bridgehead atoms. The van der Waals surface area contributed by atoms with Crippen molar-refractivity contribution in [1.82, 2.24) is 19.6 Å². The Morgan fingerprint density at radius 2 is 0.960 bits per heavy atom. The molecule has 4 aliphatic rings. The van der Waals surface area contributed by atoms with Gasteiger partial charge < -0.3 is 19.3 Å². The Balaban J connectivity index is 1.62. The number of likely N-dealkylation sites (tertiary alicyclic amines) is 2. The van der Waals surface area contributed by atoms with Crippen molar-refractivity contribution in [3.05, 3.63) is 0 Å². The van der Waals surface area contributed by atoms with E-state index in [2.05, 4.69) is 61.4 Å². The Bertz CT molecular complexity index is 863. The van der Waals surface area contributed by atoms with Crippen LogP contribution in [0.5, 0.6) is 0 Å². The minimum absolute atomic E-state index is 0.0882. The van der Waals surface area contributed by atoms with Gasteiger partial charge in [-0.25, -0.2) is 4.79 Å². The molecule has 50 heavy (non-hydrogen) atoms. The molecule has 0 aromatic carbocycles. The van der Waals surface area contributed by atoms with Gasteiger partial charge in [0.1, 0.15) is 12.2 Å². The number of ether oxygens (including phenoxy) is 2. The van der Waals surface area contributed by atoms with E-state index in [9.17, 15) is 4.79 Å². The van der Waals surface area contributed by atoms with E-state index >= 15 is 0 Å². The van der Waals surface area contributed by atoms with Crippen LogP contribution in [0, 0.1) is 11.8 Å². The maximum Gasteiger partial charge on any atom is 0.508 e. The first-order valence-corrected chi connectivity index (χ1v) is 22.0. The Hall–Kier alpha value is -0.890. The zero-order valence-corrected chi connectivity index (χ0v) is 34.0. The Morgan fingerprint density at radius 3 is 1.30 bits per heavy atom. The highest BCUT2D eigenvalue weighted by atomic mass is 16.7. The number of hydrogen-bond acceptors (Lipinski definition) is 7. The third kappa shape index (κ3) is 11.6. The van der Waals surface area contributed by atoms with Crippen LogP contribution in [0.3, 0.4) is 0 Å². The quantitative estimate of drug-likeness (QED) is 0.117. The molecule has 2 heterocycles. The largest absolute Gasteiger partial charge is 0.508 e. The van der Waals surface area contributed by atoms with Crippen LogP contribution < -0.4 is 0 Å². The Labute approximate surface area is 309 Å². The number of piperidine rings is 2. The third-order valence-corrected chi connectivity index (χ3v) is 13.4. The number of carbonyl (C=O) groups excluding carboxylic acids is 1. The summed E-state index contributed by atoms with van der Waals surface area (Å²) >= 11 is 0. The summed E-state index contributed by atoms with van der Waals surface area (Å²) in [6.07, 6.45) is 25.5. The normalized spacial score (nSPS) is 31.7. The lowest BCUT2D eigenvalue weighted by Crippen LogP contribution is -2.63. The Kier molecular flexibility index (Phi) is 18.2. The summed E-state index contributed by atoms with van der Waals surface area (Å²) in [6, 6.07) is 0. The van der Waals surface area contributed by atoms with Crippen molar-refractivity contribution < 1.29 is 14.3 Å². The van der Waals surface area contributed by atoms with Gasteiger partial charge in [0.15, 0.2) is 0 Å². The second-order valence-corrected chi connectivity index (χ2v) is 17.5. The van der Waals surface area contributed by atoms with E-state index in [1.807, 2.05) is 0 Å². The maximum atomic E-state index is 14.4. The first kappa shape index (κ1) is 41.9. The van der Waals surface area contributed by atoms with E-state index in [4.69, 9.17) is 9.47 Å². The van der Waals surface area contributed by atoms with Gasteiger partial charge in [-0.3, -0.25) is 9.80 Å². The first-order valence-electron chi connectivity index (χ1n) is 22.0. The van der Waals surface area contributed by atoms with Crippen LogP contribution in [0.2, 0.25) is 0 Å². The van der Waals surface area contributed by atoms with Crippen LogP contribution in [0.25, 0.3) is 0 Å². The van der Waals surface area contributed by atoms with Gasteiger partial charge in [0.25, 0.3) is 0 Å². The summed E-state index contributed by atoms with van der Waals surface area (Å²) in [5.74, 6) is 1.31. The van der Waals surface area contributed by atoms with Crippen LogP contribution >= 0.6 is 0 Å². The fraction of sp³-hybridized carbons (Fsp3) is 0.977. The van der Waals surface area contributed by atoms with Crippen molar-refractivity contribution in [2.45, 2.75) is 192 Å². The average Bonchev–Trinajstić information content (AvgIpc) is 3.10. The van der Waals surface area contributed by atoms with Gasteiger partial charge in [0, 0.05) is 13.1 Å². The molecular weight excluding hydrogens is 620 g/mol. The molecule has 0 amide bonds. The lowest BCUT2D eigenvalue weighted by Gasteiger charge is -2.54. The van der Waals surface area contributed by atoms with E-state index in [0.717, 1.165) is 77.5 Å². The number of rotatable bonds is 20. The molecule has 0 radical (unpaired) electrons. The summed E-state index contributed by atoms with van der Waals surface area (Å²) in [5, 5.41) is 0. The third-order valence-electron chi connectivity index (χ3n) is 13.4. The second kappa shape index (κ2) is 21.7. The molecule has 0 aromatic rings. The van der Waals surface area contributed by atoms with Gasteiger partial charge >= 0.3 is 6.16 Å². The first-order chi connectivity index (χ1) is 24.3. The topological polar surface area (TPSA) is 48.5 Å². The predicted molar refractivity (Wildman–Crippen MR) is 210 cm³/mol. The summed E-state index contributed by atoms with van der Waals surface area (Å²) < 4.78 is 13.6. The van der Waals surface area contributed by atoms with Crippen molar-refractivity contribution in [3.8, 4) is 0 Å². The Morgan fingerprint density at radius 1 is 0.580 bits per heavy atom. The zero-order chi connectivity index (χ0) is 35.8. The van der Waals surface area contributed by atoms with Gasteiger partial charge in [-0.1, -0.05) is 66.2 Å². The van der Waals surface area contributed by atoms with Crippen LogP contribution in [-0.2, 0) is 9.47 Å². The molecule has 2 aliphatic heterocycles. The molecule has 2 saturated heterocycles. The van der Waals surface area contributed by atoms with E-state index in [1.165, 1.54) is 116 Å². The van der Waals surface area contributed by atoms with Crippen molar-refractivity contribution in [2.75, 3.05) is 66.5 Å². The van der Waals surface area contributed by atoms with Crippen LogP contribution in [0.15, 0.2) is 0 Å². The van der Waals surface area contributed by atoms with Crippen LogP contribution in [0.4, 0.5) is 4.79 Å². The monoisotopic (exact) mass is 703 g/mol. The molecule has 2 aliphatic carbocycles. The van der Waals surface area contributed by atoms with Crippen molar-refractivity contribution in [1.29, 1.82) is 0 Å². The summed E-state index contributed by atoms with van der Waals surface area (Å²) in [5.41, 5.74) is -0.176.